The van der Waals surface area contributed by atoms with Gasteiger partial charge in [0.05, 0.1) is 0 Å². The standard InChI is InChI=1S/C15H16BrFN2S/c16-12-6-7-15(17)11(8-12)9-13(19-18)10-20-14-4-2-1-3-5-14/h1-8,13,19H,9-10,18H2. The molecule has 0 aromatic heterocycles. The summed E-state index contributed by atoms with van der Waals surface area (Å²) in [4.78, 5) is 1.18. The maximum atomic E-state index is 13.7. The second-order valence-corrected chi connectivity index (χ2v) is 6.44. The summed E-state index contributed by atoms with van der Waals surface area (Å²) in [6.07, 6.45) is 0.557. The summed E-state index contributed by atoms with van der Waals surface area (Å²) in [5.41, 5.74) is 3.43. The Bertz CT molecular complexity index is 551. The van der Waals surface area contributed by atoms with Gasteiger partial charge in [-0.25, -0.2) is 4.39 Å². The second kappa shape index (κ2) is 7.78. The van der Waals surface area contributed by atoms with Crippen molar-refractivity contribution in [3.8, 4) is 0 Å². The smallest absolute Gasteiger partial charge is 0.126 e. The number of nitrogens with two attached hydrogens (primary N) is 1. The Morgan fingerprint density at radius 3 is 2.65 bits per heavy atom. The SMILES string of the molecule is NNC(CSc1ccccc1)Cc1cc(Br)ccc1F. The minimum Gasteiger partial charge on any atom is -0.271 e. The predicted octanol–water partition coefficient (Wildman–Crippen LogP) is 3.75. The first kappa shape index (κ1) is 15.5. The fourth-order valence-electron chi connectivity index (χ4n) is 1.84. The molecule has 0 aliphatic rings. The Morgan fingerprint density at radius 1 is 1.20 bits per heavy atom. The molecule has 2 nitrogen and oxygen atoms in total. The van der Waals surface area contributed by atoms with E-state index in [2.05, 4.69) is 33.5 Å². The van der Waals surface area contributed by atoms with Crippen LogP contribution in [-0.4, -0.2) is 11.8 Å². The molecule has 0 bridgehead atoms. The number of halogens is 2. The molecule has 106 valence electrons. The number of hydrazine groups is 1. The molecule has 0 saturated heterocycles. The van der Waals surface area contributed by atoms with Crippen LogP contribution in [0, 0.1) is 5.82 Å². The number of rotatable bonds is 6. The third kappa shape index (κ3) is 4.59. The molecule has 0 spiro atoms. The summed E-state index contributed by atoms with van der Waals surface area (Å²) in [7, 11) is 0. The van der Waals surface area contributed by atoms with E-state index >= 15 is 0 Å². The highest BCUT2D eigenvalue weighted by molar-refractivity contribution is 9.10. The van der Waals surface area contributed by atoms with Crippen LogP contribution < -0.4 is 11.3 Å². The minimum absolute atomic E-state index is 0.0176. The lowest BCUT2D eigenvalue weighted by Crippen LogP contribution is -2.38. The molecule has 3 N–H and O–H groups in total. The van der Waals surface area contributed by atoms with E-state index in [0.29, 0.717) is 12.0 Å². The fraction of sp³-hybridized carbons (Fsp3) is 0.200. The first-order valence-corrected chi connectivity index (χ1v) is 8.05. The molecule has 2 aromatic carbocycles. The lowest BCUT2D eigenvalue weighted by atomic mass is 10.1. The van der Waals surface area contributed by atoms with E-state index in [9.17, 15) is 4.39 Å². The fourth-order valence-corrected chi connectivity index (χ4v) is 3.21. The topological polar surface area (TPSA) is 38.0 Å². The monoisotopic (exact) mass is 354 g/mol. The van der Waals surface area contributed by atoms with Crippen molar-refractivity contribution >= 4 is 27.7 Å². The molecular weight excluding hydrogens is 339 g/mol. The lowest BCUT2D eigenvalue weighted by Gasteiger charge is -2.16. The van der Waals surface area contributed by atoms with Gasteiger partial charge in [0.1, 0.15) is 5.82 Å². The molecule has 2 rings (SSSR count). The molecule has 0 saturated carbocycles. The molecule has 0 fully saturated rings. The lowest BCUT2D eigenvalue weighted by molar-refractivity contribution is 0.546. The molecule has 1 unspecified atom stereocenters. The molecular formula is C15H16BrFN2S. The highest BCUT2D eigenvalue weighted by Gasteiger charge is 2.12. The van der Waals surface area contributed by atoms with Crippen LogP contribution in [0.4, 0.5) is 4.39 Å². The van der Waals surface area contributed by atoms with Crippen molar-refractivity contribution in [1.29, 1.82) is 0 Å². The molecule has 0 heterocycles. The molecule has 5 heteroatoms. The number of benzene rings is 2. The zero-order valence-electron chi connectivity index (χ0n) is 10.9. The highest BCUT2D eigenvalue weighted by atomic mass is 79.9. The summed E-state index contributed by atoms with van der Waals surface area (Å²) in [6.45, 7) is 0. The van der Waals surface area contributed by atoms with Crippen molar-refractivity contribution in [1.82, 2.24) is 5.43 Å². The van der Waals surface area contributed by atoms with Crippen molar-refractivity contribution in [2.45, 2.75) is 17.4 Å². The number of thioether (sulfide) groups is 1. The third-order valence-electron chi connectivity index (χ3n) is 2.90. The van der Waals surface area contributed by atoms with Gasteiger partial charge in [-0.05, 0) is 42.3 Å². The van der Waals surface area contributed by atoms with Crippen LogP contribution in [0.15, 0.2) is 57.9 Å². The van der Waals surface area contributed by atoms with E-state index in [4.69, 9.17) is 5.84 Å². The molecule has 0 aliphatic carbocycles. The van der Waals surface area contributed by atoms with Gasteiger partial charge in [0.2, 0.25) is 0 Å². The number of hydrogen-bond donors (Lipinski definition) is 2. The summed E-state index contributed by atoms with van der Waals surface area (Å²) in [5.74, 6) is 6.16. The minimum atomic E-state index is -0.196. The first-order chi connectivity index (χ1) is 9.69. The van der Waals surface area contributed by atoms with Gasteiger partial charge in [0, 0.05) is 21.2 Å². The molecule has 0 amide bonds. The quantitative estimate of drug-likeness (QED) is 0.471. The largest absolute Gasteiger partial charge is 0.271 e. The van der Waals surface area contributed by atoms with E-state index < -0.39 is 0 Å². The van der Waals surface area contributed by atoms with Crippen LogP contribution >= 0.6 is 27.7 Å². The van der Waals surface area contributed by atoms with Crippen LogP contribution in [0.2, 0.25) is 0 Å². The molecule has 1 atom stereocenters. The van der Waals surface area contributed by atoms with E-state index in [1.165, 1.54) is 11.0 Å². The number of nitrogens with one attached hydrogen (secondary N) is 1. The molecule has 20 heavy (non-hydrogen) atoms. The zero-order chi connectivity index (χ0) is 14.4. The average Bonchev–Trinajstić information content (AvgIpc) is 2.48. The Kier molecular flexibility index (Phi) is 6.04. The van der Waals surface area contributed by atoms with Gasteiger partial charge in [-0.1, -0.05) is 34.1 Å². The second-order valence-electron chi connectivity index (χ2n) is 4.43. The molecule has 0 aliphatic heterocycles. The Labute approximate surface area is 131 Å². The zero-order valence-corrected chi connectivity index (χ0v) is 13.3. The van der Waals surface area contributed by atoms with Gasteiger partial charge in [0.15, 0.2) is 0 Å². The van der Waals surface area contributed by atoms with Crippen LogP contribution in [0.3, 0.4) is 0 Å². The van der Waals surface area contributed by atoms with Crippen LogP contribution in [0.25, 0.3) is 0 Å². The van der Waals surface area contributed by atoms with Gasteiger partial charge in [-0.3, -0.25) is 11.3 Å². The summed E-state index contributed by atoms with van der Waals surface area (Å²) >= 11 is 5.07. The van der Waals surface area contributed by atoms with Crippen LogP contribution in [0.5, 0.6) is 0 Å². The summed E-state index contributed by atoms with van der Waals surface area (Å²) in [6, 6.07) is 15.1. The summed E-state index contributed by atoms with van der Waals surface area (Å²) < 4.78 is 14.6. The van der Waals surface area contributed by atoms with E-state index in [-0.39, 0.29) is 11.9 Å². The summed E-state index contributed by atoms with van der Waals surface area (Å²) in [5, 5.41) is 0. The Balaban J connectivity index is 1.97. The van der Waals surface area contributed by atoms with Gasteiger partial charge >= 0.3 is 0 Å². The van der Waals surface area contributed by atoms with E-state index in [1.807, 2.05) is 18.2 Å². The van der Waals surface area contributed by atoms with Crippen molar-refractivity contribution in [3.63, 3.8) is 0 Å². The van der Waals surface area contributed by atoms with Crippen molar-refractivity contribution in [2.75, 3.05) is 5.75 Å². The highest BCUT2D eigenvalue weighted by Crippen LogP contribution is 2.21. The maximum absolute atomic E-state index is 13.7. The van der Waals surface area contributed by atoms with Crippen molar-refractivity contribution < 1.29 is 4.39 Å². The number of hydrogen-bond acceptors (Lipinski definition) is 3. The Morgan fingerprint density at radius 2 is 1.95 bits per heavy atom. The van der Waals surface area contributed by atoms with E-state index in [1.54, 1.807) is 23.9 Å². The molecule has 2 aromatic rings. The van der Waals surface area contributed by atoms with E-state index in [0.717, 1.165) is 10.2 Å². The van der Waals surface area contributed by atoms with Crippen LogP contribution in [-0.2, 0) is 6.42 Å². The van der Waals surface area contributed by atoms with Crippen molar-refractivity contribution in [3.05, 3.63) is 64.4 Å². The van der Waals surface area contributed by atoms with Gasteiger partial charge in [0.25, 0.3) is 0 Å². The molecule has 0 radical (unpaired) electrons. The van der Waals surface area contributed by atoms with Gasteiger partial charge < -0.3 is 0 Å². The van der Waals surface area contributed by atoms with Crippen molar-refractivity contribution in [2.24, 2.45) is 5.84 Å². The maximum Gasteiger partial charge on any atom is 0.126 e. The first-order valence-electron chi connectivity index (χ1n) is 6.27. The van der Waals surface area contributed by atoms with Gasteiger partial charge in [-0.15, -0.1) is 11.8 Å². The third-order valence-corrected chi connectivity index (χ3v) is 4.57. The normalized spacial score (nSPS) is 12.3. The predicted molar refractivity (Wildman–Crippen MR) is 86.1 cm³/mol. The van der Waals surface area contributed by atoms with Gasteiger partial charge in [-0.2, -0.15) is 0 Å². The average molecular weight is 355 g/mol. The Hall–Kier alpha value is -0.880. The van der Waals surface area contributed by atoms with Crippen LogP contribution in [0.1, 0.15) is 5.56 Å².